The number of rotatable bonds is 3. The van der Waals surface area contributed by atoms with Gasteiger partial charge in [-0.25, -0.2) is 4.98 Å². The summed E-state index contributed by atoms with van der Waals surface area (Å²) in [5.41, 5.74) is 1.92. The summed E-state index contributed by atoms with van der Waals surface area (Å²) in [6.07, 6.45) is 1.31. The van der Waals surface area contributed by atoms with Gasteiger partial charge in [-0.2, -0.15) is 0 Å². The molecule has 6 nitrogen and oxygen atoms in total. The summed E-state index contributed by atoms with van der Waals surface area (Å²) in [4.78, 5) is 26.4. The lowest BCUT2D eigenvalue weighted by molar-refractivity contribution is -0.384. The molecular formula is C14H12ClN3O3. The van der Waals surface area contributed by atoms with Crippen molar-refractivity contribution in [3.05, 3.63) is 62.4 Å². The molecule has 1 heterocycles. The highest BCUT2D eigenvalue weighted by Gasteiger charge is 2.18. The molecule has 0 saturated carbocycles. The summed E-state index contributed by atoms with van der Waals surface area (Å²) in [7, 11) is 0. The molecule has 2 rings (SSSR count). The third kappa shape index (κ3) is 3.35. The van der Waals surface area contributed by atoms with Gasteiger partial charge in [0.05, 0.1) is 10.5 Å². The number of nitro groups is 1. The first-order valence-corrected chi connectivity index (χ1v) is 6.45. The van der Waals surface area contributed by atoms with Gasteiger partial charge >= 0.3 is 0 Å². The molecule has 0 bridgehead atoms. The molecule has 21 heavy (non-hydrogen) atoms. The maximum Gasteiger partial charge on any atom is 0.293 e. The van der Waals surface area contributed by atoms with Crippen LogP contribution in [0.2, 0.25) is 5.15 Å². The van der Waals surface area contributed by atoms with Crippen LogP contribution in [0.1, 0.15) is 21.5 Å². The smallest absolute Gasteiger partial charge is 0.293 e. The molecule has 7 heteroatoms. The number of carbonyl (C=O) groups excluding carboxylic acids is 1. The molecule has 0 saturated heterocycles. The number of pyridine rings is 1. The number of amides is 1. The average molecular weight is 306 g/mol. The Morgan fingerprint density at radius 3 is 2.52 bits per heavy atom. The van der Waals surface area contributed by atoms with Crippen molar-refractivity contribution in [1.82, 2.24) is 4.98 Å². The van der Waals surface area contributed by atoms with E-state index in [2.05, 4.69) is 10.3 Å². The third-order valence-corrected chi connectivity index (χ3v) is 3.27. The Morgan fingerprint density at radius 1 is 1.29 bits per heavy atom. The van der Waals surface area contributed by atoms with Crippen LogP contribution >= 0.6 is 11.6 Å². The summed E-state index contributed by atoms with van der Waals surface area (Å²) in [5, 5.41) is 13.9. The van der Waals surface area contributed by atoms with E-state index in [-0.39, 0.29) is 22.1 Å². The van der Waals surface area contributed by atoms with Crippen molar-refractivity contribution < 1.29 is 9.72 Å². The van der Waals surface area contributed by atoms with Gasteiger partial charge < -0.3 is 5.32 Å². The van der Waals surface area contributed by atoms with Crippen molar-refractivity contribution >= 4 is 28.9 Å². The summed E-state index contributed by atoms with van der Waals surface area (Å²) < 4.78 is 0. The third-order valence-electron chi connectivity index (χ3n) is 3.05. The Balaban J connectivity index is 2.34. The minimum absolute atomic E-state index is 0.145. The number of nitro benzene ring substituents is 1. The fraction of sp³-hybridized carbons (Fsp3) is 0.143. The molecule has 1 N–H and O–H groups in total. The van der Waals surface area contributed by atoms with E-state index >= 15 is 0 Å². The van der Waals surface area contributed by atoms with Gasteiger partial charge in [0.1, 0.15) is 10.8 Å². The van der Waals surface area contributed by atoms with E-state index in [1.54, 1.807) is 13.0 Å². The minimum Gasteiger partial charge on any atom is -0.316 e. The summed E-state index contributed by atoms with van der Waals surface area (Å²) in [5.74, 6) is -0.481. The fourth-order valence-electron chi connectivity index (χ4n) is 1.76. The summed E-state index contributed by atoms with van der Waals surface area (Å²) in [6.45, 7) is 3.59. The molecule has 1 amide bonds. The Bertz CT molecular complexity index is 714. The van der Waals surface area contributed by atoms with Crippen LogP contribution in [0.4, 0.5) is 11.4 Å². The SMILES string of the molecule is Cc1cc(NC(=O)c2ccc(Cl)nc2)c([N+](=O)[O-])cc1C. The summed E-state index contributed by atoms with van der Waals surface area (Å²) >= 11 is 5.65. The first kappa shape index (κ1) is 14.9. The van der Waals surface area contributed by atoms with Gasteiger partial charge in [0.2, 0.25) is 0 Å². The van der Waals surface area contributed by atoms with Crippen LogP contribution < -0.4 is 5.32 Å². The Hall–Kier alpha value is -2.47. The van der Waals surface area contributed by atoms with Crippen LogP contribution in [0.5, 0.6) is 0 Å². The quantitative estimate of drug-likeness (QED) is 0.534. The van der Waals surface area contributed by atoms with E-state index < -0.39 is 10.8 Å². The largest absolute Gasteiger partial charge is 0.316 e. The second-order valence-corrected chi connectivity index (χ2v) is 4.92. The molecule has 2 aromatic rings. The highest BCUT2D eigenvalue weighted by Crippen LogP contribution is 2.28. The van der Waals surface area contributed by atoms with Crippen molar-refractivity contribution in [2.24, 2.45) is 0 Å². The zero-order valence-corrected chi connectivity index (χ0v) is 12.1. The number of aryl methyl sites for hydroxylation is 2. The molecule has 1 aromatic carbocycles. The lowest BCUT2D eigenvalue weighted by Crippen LogP contribution is -2.13. The van der Waals surface area contributed by atoms with Gasteiger partial charge in [0, 0.05) is 12.3 Å². The predicted molar refractivity (Wildman–Crippen MR) is 79.8 cm³/mol. The molecule has 0 radical (unpaired) electrons. The number of nitrogens with zero attached hydrogens (tertiary/aromatic N) is 2. The molecular weight excluding hydrogens is 294 g/mol. The monoisotopic (exact) mass is 305 g/mol. The number of hydrogen-bond donors (Lipinski definition) is 1. The first-order chi connectivity index (χ1) is 9.88. The van der Waals surface area contributed by atoms with Crippen molar-refractivity contribution in [2.45, 2.75) is 13.8 Å². The number of carbonyl (C=O) groups is 1. The van der Waals surface area contributed by atoms with E-state index in [0.29, 0.717) is 0 Å². The molecule has 1 aromatic heterocycles. The predicted octanol–water partition coefficient (Wildman–Crippen LogP) is 3.51. The zero-order chi connectivity index (χ0) is 15.6. The van der Waals surface area contributed by atoms with Gasteiger partial charge in [-0.05, 0) is 43.2 Å². The Labute approximate surface area is 125 Å². The van der Waals surface area contributed by atoms with Crippen molar-refractivity contribution in [1.29, 1.82) is 0 Å². The maximum atomic E-state index is 12.1. The lowest BCUT2D eigenvalue weighted by Gasteiger charge is -2.08. The van der Waals surface area contributed by atoms with E-state index in [1.165, 1.54) is 24.4 Å². The van der Waals surface area contributed by atoms with Crippen molar-refractivity contribution in [3.63, 3.8) is 0 Å². The Kier molecular flexibility index (Phi) is 4.18. The van der Waals surface area contributed by atoms with Crippen molar-refractivity contribution in [3.8, 4) is 0 Å². The number of benzene rings is 1. The molecule has 0 aliphatic rings. The van der Waals surface area contributed by atoms with Crippen LogP contribution in [0.3, 0.4) is 0 Å². The molecule has 0 unspecified atom stereocenters. The molecule has 0 fully saturated rings. The van der Waals surface area contributed by atoms with E-state index in [4.69, 9.17) is 11.6 Å². The molecule has 0 atom stereocenters. The molecule has 0 aliphatic heterocycles. The fourth-order valence-corrected chi connectivity index (χ4v) is 1.87. The van der Waals surface area contributed by atoms with Crippen LogP contribution in [0, 0.1) is 24.0 Å². The second kappa shape index (κ2) is 5.88. The standard InChI is InChI=1S/C14H12ClN3O3/c1-8-5-11(12(18(20)21)6-9(8)2)17-14(19)10-3-4-13(15)16-7-10/h3-7H,1-2H3,(H,17,19). The number of hydrogen-bond acceptors (Lipinski definition) is 4. The van der Waals surface area contributed by atoms with Gasteiger partial charge in [-0.3, -0.25) is 14.9 Å². The zero-order valence-electron chi connectivity index (χ0n) is 11.4. The molecule has 0 spiro atoms. The van der Waals surface area contributed by atoms with Crippen molar-refractivity contribution in [2.75, 3.05) is 5.32 Å². The topological polar surface area (TPSA) is 85.1 Å². The number of nitrogens with one attached hydrogen (secondary N) is 1. The number of halogens is 1. The van der Waals surface area contributed by atoms with Crippen LogP contribution in [0.15, 0.2) is 30.5 Å². The molecule has 0 aliphatic carbocycles. The molecule has 108 valence electrons. The van der Waals surface area contributed by atoms with E-state index in [0.717, 1.165) is 11.1 Å². The summed E-state index contributed by atoms with van der Waals surface area (Å²) in [6, 6.07) is 5.99. The van der Waals surface area contributed by atoms with Gasteiger partial charge in [-0.15, -0.1) is 0 Å². The number of anilines is 1. The normalized spacial score (nSPS) is 10.2. The lowest BCUT2D eigenvalue weighted by atomic mass is 10.1. The van der Waals surface area contributed by atoms with Gasteiger partial charge in [0.15, 0.2) is 0 Å². The minimum atomic E-state index is -0.526. The average Bonchev–Trinajstić information content (AvgIpc) is 2.43. The van der Waals surface area contributed by atoms with Gasteiger partial charge in [-0.1, -0.05) is 11.6 Å². The van der Waals surface area contributed by atoms with Crippen LogP contribution in [-0.2, 0) is 0 Å². The van der Waals surface area contributed by atoms with E-state index in [1.807, 2.05) is 6.92 Å². The van der Waals surface area contributed by atoms with E-state index in [9.17, 15) is 14.9 Å². The number of aromatic nitrogens is 1. The maximum absolute atomic E-state index is 12.1. The Morgan fingerprint density at radius 2 is 1.95 bits per heavy atom. The van der Waals surface area contributed by atoms with Crippen LogP contribution in [0.25, 0.3) is 0 Å². The highest BCUT2D eigenvalue weighted by atomic mass is 35.5. The highest BCUT2D eigenvalue weighted by molar-refractivity contribution is 6.29. The van der Waals surface area contributed by atoms with Crippen LogP contribution in [-0.4, -0.2) is 15.8 Å². The van der Waals surface area contributed by atoms with Gasteiger partial charge in [0.25, 0.3) is 11.6 Å². The first-order valence-electron chi connectivity index (χ1n) is 6.07. The second-order valence-electron chi connectivity index (χ2n) is 4.53.